The minimum Gasteiger partial charge on any atom is -0.467 e. The molecule has 18 heavy (non-hydrogen) atoms. The van der Waals surface area contributed by atoms with Gasteiger partial charge in [0.15, 0.2) is 6.10 Å². The summed E-state index contributed by atoms with van der Waals surface area (Å²) >= 11 is 0. The normalized spacial score (nSPS) is 14.8. The first-order chi connectivity index (χ1) is 8.18. The van der Waals surface area contributed by atoms with Crippen LogP contribution in [0.4, 0.5) is 13.2 Å². The maximum Gasteiger partial charge on any atom is 0.415 e. The maximum absolute atomic E-state index is 12.0. The number of halogens is 3. The second-order valence-corrected chi connectivity index (χ2v) is 3.49. The molecule has 0 saturated carbocycles. The molecule has 0 heterocycles. The van der Waals surface area contributed by atoms with E-state index in [0.717, 1.165) is 14.0 Å². The monoisotopic (exact) mass is 272 g/mol. The van der Waals surface area contributed by atoms with Crippen LogP contribution in [0.5, 0.6) is 0 Å². The van der Waals surface area contributed by atoms with E-state index in [0.29, 0.717) is 0 Å². The summed E-state index contributed by atoms with van der Waals surface area (Å²) < 4.78 is 40.2. The Morgan fingerprint density at radius 3 is 2.28 bits per heavy atom. The first-order valence-corrected chi connectivity index (χ1v) is 4.99. The van der Waals surface area contributed by atoms with Crippen LogP contribution in [-0.2, 0) is 14.3 Å². The van der Waals surface area contributed by atoms with Gasteiger partial charge in [0.2, 0.25) is 5.91 Å². The predicted octanol–water partition coefficient (Wildman–Crippen LogP) is -0.823. The fourth-order valence-corrected chi connectivity index (χ4v) is 1.06. The third-order valence-electron chi connectivity index (χ3n) is 1.93. The van der Waals surface area contributed by atoms with Crippen LogP contribution in [0.2, 0.25) is 0 Å². The standard InChI is InChI=1S/C9H15F3N2O4/c1-5(15)14-6(8(17)18-2)3-13-4-7(16)9(10,11)12/h6-7,13,16H,3-4H2,1-2H3,(H,14,15). The smallest absolute Gasteiger partial charge is 0.415 e. The number of alkyl halides is 3. The number of aliphatic hydroxyl groups is 1. The van der Waals surface area contributed by atoms with Crippen LogP contribution in [0.25, 0.3) is 0 Å². The van der Waals surface area contributed by atoms with Gasteiger partial charge in [-0.25, -0.2) is 4.79 Å². The molecule has 0 fully saturated rings. The van der Waals surface area contributed by atoms with Crippen molar-refractivity contribution in [3.63, 3.8) is 0 Å². The van der Waals surface area contributed by atoms with Crippen molar-refractivity contribution in [1.29, 1.82) is 0 Å². The number of rotatable bonds is 6. The SMILES string of the molecule is COC(=O)C(CNCC(O)C(F)(F)F)NC(C)=O. The second kappa shape index (κ2) is 7.17. The molecule has 106 valence electrons. The summed E-state index contributed by atoms with van der Waals surface area (Å²) in [7, 11) is 1.09. The lowest BCUT2D eigenvalue weighted by atomic mass is 10.2. The average Bonchev–Trinajstić information content (AvgIpc) is 2.24. The Bertz CT molecular complexity index is 296. The molecule has 0 bridgehead atoms. The molecule has 3 N–H and O–H groups in total. The lowest BCUT2D eigenvalue weighted by molar-refractivity contribution is -0.201. The maximum atomic E-state index is 12.0. The van der Waals surface area contributed by atoms with Crippen LogP contribution < -0.4 is 10.6 Å². The summed E-state index contributed by atoms with van der Waals surface area (Å²) in [5, 5.41) is 13.1. The number of ether oxygens (including phenoxy) is 1. The van der Waals surface area contributed by atoms with Gasteiger partial charge >= 0.3 is 12.1 Å². The number of esters is 1. The highest BCUT2D eigenvalue weighted by atomic mass is 19.4. The molecule has 2 unspecified atom stereocenters. The van der Waals surface area contributed by atoms with E-state index in [-0.39, 0.29) is 6.54 Å². The van der Waals surface area contributed by atoms with Crippen LogP contribution in [0.15, 0.2) is 0 Å². The zero-order valence-electron chi connectivity index (χ0n) is 9.87. The van der Waals surface area contributed by atoms with Crippen molar-refractivity contribution >= 4 is 11.9 Å². The van der Waals surface area contributed by atoms with Gasteiger partial charge in [-0.05, 0) is 0 Å². The molecule has 0 rings (SSSR count). The molecule has 0 aromatic heterocycles. The Morgan fingerprint density at radius 1 is 1.33 bits per heavy atom. The van der Waals surface area contributed by atoms with E-state index in [1.165, 1.54) is 0 Å². The van der Waals surface area contributed by atoms with E-state index >= 15 is 0 Å². The number of methoxy groups -OCH3 is 1. The third kappa shape index (κ3) is 6.40. The molecule has 0 aliphatic rings. The van der Waals surface area contributed by atoms with Crippen molar-refractivity contribution in [3.8, 4) is 0 Å². The van der Waals surface area contributed by atoms with Crippen molar-refractivity contribution < 1.29 is 32.6 Å². The zero-order chi connectivity index (χ0) is 14.3. The number of hydrogen-bond donors (Lipinski definition) is 3. The number of nitrogens with one attached hydrogen (secondary N) is 2. The van der Waals surface area contributed by atoms with Crippen LogP contribution in [0.3, 0.4) is 0 Å². The van der Waals surface area contributed by atoms with Crippen molar-refractivity contribution in [2.24, 2.45) is 0 Å². The van der Waals surface area contributed by atoms with Crippen molar-refractivity contribution in [2.45, 2.75) is 25.2 Å². The van der Waals surface area contributed by atoms with Crippen LogP contribution >= 0.6 is 0 Å². The Hall–Kier alpha value is -1.35. The van der Waals surface area contributed by atoms with Gasteiger partial charge in [-0.2, -0.15) is 13.2 Å². The number of amides is 1. The first-order valence-electron chi connectivity index (χ1n) is 4.99. The molecule has 9 heteroatoms. The van der Waals surface area contributed by atoms with Gasteiger partial charge in [-0.3, -0.25) is 4.79 Å². The van der Waals surface area contributed by atoms with Gasteiger partial charge in [-0.1, -0.05) is 0 Å². The Labute approximate surface area is 101 Å². The van der Waals surface area contributed by atoms with E-state index in [2.05, 4.69) is 15.4 Å². The Kier molecular flexibility index (Phi) is 6.63. The Balaban J connectivity index is 4.20. The molecule has 0 aliphatic heterocycles. The first kappa shape index (κ1) is 16.6. The van der Waals surface area contributed by atoms with E-state index in [9.17, 15) is 22.8 Å². The minimum atomic E-state index is -4.73. The average molecular weight is 272 g/mol. The summed E-state index contributed by atoms with van der Waals surface area (Å²) in [5.74, 6) is -1.32. The van der Waals surface area contributed by atoms with Gasteiger partial charge in [0.05, 0.1) is 7.11 Å². The predicted molar refractivity (Wildman–Crippen MR) is 54.6 cm³/mol. The summed E-state index contributed by atoms with van der Waals surface area (Å²) in [6.07, 6.45) is -7.27. The lowest BCUT2D eigenvalue weighted by Gasteiger charge is -2.19. The number of carbonyl (C=O) groups excluding carboxylic acids is 2. The largest absolute Gasteiger partial charge is 0.467 e. The molecular weight excluding hydrogens is 257 g/mol. The fraction of sp³-hybridized carbons (Fsp3) is 0.778. The molecule has 0 radical (unpaired) electrons. The summed E-state index contributed by atoms with van der Waals surface area (Å²) in [6, 6.07) is -1.10. The zero-order valence-corrected chi connectivity index (χ0v) is 9.87. The van der Waals surface area contributed by atoms with Crippen LogP contribution in [-0.4, -0.2) is 55.5 Å². The molecule has 0 spiro atoms. The van der Waals surface area contributed by atoms with Crippen LogP contribution in [0, 0.1) is 0 Å². The van der Waals surface area contributed by atoms with E-state index < -0.39 is 36.7 Å². The van der Waals surface area contributed by atoms with Gasteiger partial charge in [0, 0.05) is 20.0 Å². The summed E-state index contributed by atoms with van der Waals surface area (Å²) in [4.78, 5) is 21.9. The topological polar surface area (TPSA) is 87.7 Å². The molecule has 0 saturated heterocycles. The van der Waals surface area contributed by atoms with Crippen molar-refractivity contribution in [2.75, 3.05) is 20.2 Å². The molecule has 2 atom stereocenters. The third-order valence-corrected chi connectivity index (χ3v) is 1.93. The molecule has 0 aromatic carbocycles. The molecular formula is C9H15F3N2O4. The number of hydrogen-bond acceptors (Lipinski definition) is 5. The molecule has 6 nitrogen and oxygen atoms in total. The van der Waals surface area contributed by atoms with Gasteiger partial charge < -0.3 is 20.5 Å². The van der Waals surface area contributed by atoms with Crippen molar-refractivity contribution in [1.82, 2.24) is 10.6 Å². The van der Waals surface area contributed by atoms with E-state index in [1.807, 2.05) is 0 Å². The number of aliphatic hydroxyl groups excluding tert-OH is 1. The molecule has 0 aromatic rings. The van der Waals surface area contributed by atoms with E-state index in [1.54, 1.807) is 0 Å². The minimum absolute atomic E-state index is 0.278. The lowest BCUT2D eigenvalue weighted by Crippen LogP contribution is -2.49. The summed E-state index contributed by atoms with van der Waals surface area (Å²) in [6.45, 7) is 0.0937. The highest BCUT2D eigenvalue weighted by Crippen LogP contribution is 2.19. The van der Waals surface area contributed by atoms with E-state index in [4.69, 9.17) is 5.11 Å². The quantitative estimate of drug-likeness (QED) is 0.550. The second-order valence-electron chi connectivity index (χ2n) is 3.49. The van der Waals surface area contributed by atoms with Crippen molar-refractivity contribution in [3.05, 3.63) is 0 Å². The van der Waals surface area contributed by atoms with Gasteiger partial charge in [0.1, 0.15) is 6.04 Å². The molecule has 0 aliphatic carbocycles. The van der Waals surface area contributed by atoms with Crippen LogP contribution in [0.1, 0.15) is 6.92 Å². The fourth-order valence-electron chi connectivity index (χ4n) is 1.06. The number of carbonyl (C=O) groups is 2. The van der Waals surface area contributed by atoms with Gasteiger partial charge in [-0.15, -0.1) is 0 Å². The Morgan fingerprint density at radius 2 is 1.89 bits per heavy atom. The highest BCUT2D eigenvalue weighted by molar-refractivity contribution is 5.83. The van der Waals surface area contributed by atoms with Gasteiger partial charge in [0.25, 0.3) is 0 Å². The molecule has 1 amide bonds. The highest BCUT2D eigenvalue weighted by Gasteiger charge is 2.37. The summed E-state index contributed by atoms with van der Waals surface area (Å²) in [5.41, 5.74) is 0.